The summed E-state index contributed by atoms with van der Waals surface area (Å²) in [6.45, 7) is 6.66. The summed E-state index contributed by atoms with van der Waals surface area (Å²) in [6, 6.07) is 8.92. The molecule has 1 atom stereocenters. The van der Waals surface area contributed by atoms with Crippen LogP contribution in [0.5, 0.6) is 0 Å². The van der Waals surface area contributed by atoms with Crippen LogP contribution in [-0.4, -0.2) is 0 Å². The summed E-state index contributed by atoms with van der Waals surface area (Å²) in [6.07, 6.45) is 3.50. The highest BCUT2D eigenvalue weighted by Gasteiger charge is 2.30. The van der Waals surface area contributed by atoms with Crippen LogP contribution in [0.1, 0.15) is 31.4 Å². The summed E-state index contributed by atoms with van der Waals surface area (Å²) in [4.78, 5) is 1.45. The first kappa shape index (κ1) is 9.85. The zero-order chi connectivity index (χ0) is 10.2. The second kappa shape index (κ2) is 3.47. The number of aryl methyl sites for hydroxylation is 1. The van der Waals surface area contributed by atoms with Crippen molar-refractivity contribution in [2.24, 2.45) is 0 Å². The summed E-state index contributed by atoms with van der Waals surface area (Å²) in [5.74, 6) is 0. The van der Waals surface area contributed by atoms with Crippen molar-refractivity contribution in [2.75, 3.05) is 0 Å². The molecule has 0 aromatic heterocycles. The summed E-state index contributed by atoms with van der Waals surface area (Å²) in [5.41, 5.74) is 2.78. The summed E-state index contributed by atoms with van der Waals surface area (Å²) in [5, 5.41) is 0. The van der Waals surface area contributed by atoms with Gasteiger partial charge in [-0.2, -0.15) is 0 Å². The monoisotopic (exact) mass is 204 g/mol. The van der Waals surface area contributed by atoms with Gasteiger partial charge in [-0.25, -0.2) is 0 Å². The smallest absolute Gasteiger partial charge is 0.0458 e. The third-order valence-electron chi connectivity index (χ3n) is 2.83. The molecular weight excluding hydrogens is 188 g/mol. The van der Waals surface area contributed by atoms with Crippen LogP contribution in [0.4, 0.5) is 0 Å². The fourth-order valence-corrected chi connectivity index (χ4v) is 3.16. The lowest BCUT2D eigenvalue weighted by atomic mass is 9.96. The number of thioether (sulfide) groups is 1. The van der Waals surface area contributed by atoms with Gasteiger partial charge in [0, 0.05) is 4.75 Å². The van der Waals surface area contributed by atoms with E-state index in [0.717, 1.165) is 6.42 Å². The summed E-state index contributed by atoms with van der Waals surface area (Å²) >= 11 is 1.99. The van der Waals surface area contributed by atoms with Crippen LogP contribution in [0.15, 0.2) is 35.2 Å². The molecule has 14 heavy (non-hydrogen) atoms. The first-order chi connectivity index (χ1) is 6.60. The number of rotatable bonds is 1. The standard InChI is InChI=1S/C13H16S/c1-10-4-6-12(7-5-10)13(3)9-8-11(2)14-13/h4-8H,9H2,1-3H3. The van der Waals surface area contributed by atoms with Gasteiger partial charge >= 0.3 is 0 Å². The van der Waals surface area contributed by atoms with Crippen LogP contribution in [0.3, 0.4) is 0 Å². The molecule has 1 heteroatoms. The Morgan fingerprint density at radius 2 is 1.79 bits per heavy atom. The Balaban J connectivity index is 2.28. The van der Waals surface area contributed by atoms with Gasteiger partial charge in [0.25, 0.3) is 0 Å². The fraction of sp³-hybridized carbons (Fsp3) is 0.385. The van der Waals surface area contributed by atoms with Gasteiger partial charge < -0.3 is 0 Å². The lowest BCUT2D eigenvalue weighted by Gasteiger charge is -2.24. The molecule has 2 rings (SSSR count). The number of hydrogen-bond acceptors (Lipinski definition) is 1. The Morgan fingerprint density at radius 1 is 1.14 bits per heavy atom. The van der Waals surface area contributed by atoms with Crippen LogP contribution in [0, 0.1) is 6.92 Å². The molecule has 1 aliphatic heterocycles. The largest absolute Gasteiger partial charge is 0.120 e. The zero-order valence-corrected chi connectivity index (χ0v) is 9.82. The quantitative estimate of drug-likeness (QED) is 0.659. The van der Waals surface area contributed by atoms with Gasteiger partial charge in [0.2, 0.25) is 0 Å². The maximum absolute atomic E-state index is 2.34. The van der Waals surface area contributed by atoms with Crippen LogP contribution in [0.25, 0.3) is 0 Å². The van der Waals surface area contributed by atoms with Crippen LogP contribution < -0.4 is 0 Å². The van der Waals surface area contributed by atoms with Crippen molar-refractivity contribution in [3.63, 3.8) is 0 Å². The maximum Gasteiger partial charge on any atom is 0.0458 e. The normalized spacial score (nSPS) is 26.4. The molecule has 1 aromatic rings. The molecule has 1 aromatic carbocycles. The van der Waals surface area contributed by atoms with E-state index in [1.807, 2.05) is 11.8 Å². The molecule has 0 radical (unpaired) electrons. The number of hydrogen-bond donors (Lipinski definition) is 0. The minimum Gasteiger partial charge on any atom is -0.120 e. The van der Waals surface area contributed by atoms with Gasteiger partial charge in [-0.15, -0.1) is 11.8 Å². The molecule has 1 unspecified atom stereocenters. The van der Waals surface area contributed by atoms with E-state index in [-0.39, 0.29) is 4.75 Å². The topological polar surface area (TPSA) is 0 Å². The minimum atomic E-state index is 0.276. The first-order valence-corrected chi connectivity index (χ1v) is 5.85. The molecule has 1 heterocycles. The molecular formula is C13H16S. The maximum atomic E-state index is 2.34. The summed E-state index contributed by atoms with van der Waals surface area (Å²) in [7, 11) is 0. The van der Waals surface area contributed by atoms with Crippen molar-refractivity contribution in [3.05, 3.63) is 46.4 Å². The predicted octanol–water partition coefficient (Wildman–Crippen LogP) is 4.25. The Hall–Kier alpha value is -0.690. The van der Waals surface area contributed by atoms with Gasteiger partial charge in [-0.1, -0.05) is 35.9 Å². The average molecular weight is 204 g/mol. The minimum absolute atomic E-state index is 0.276. The SMILES string of the molecule is CC1=CCC(C)(c2ccc(C)cc2)S1. The van der Waals surface area contributed by atoms with Crippen molar-refractivity contribution < 1.29 is 0 Å². The molecule has 1 aliphatic rings. The van der Waals surface area contributed by atoms with Crippen LogP contribution >= 0.6 is 11.8 Å². The van der Waals surface area contributed by atoms with Crippen LogP contribution in [-0.2, 0) is 4.75 Å². The van der Waals surface area contributed by atoms with E-state index in [1.165, 1.54) is 16.0 Å². The highest BCUT2D eigenvalue weighted by atomic mass is 32.2. The third-order valence-corrected chi connectivity index (χ3v) is 4.17. The van der Waals surface area contributed by atoms with Crippen molar-refractivity contribution in [1.82, 2.24) is 0 Å². The van der Waals surface area contributed by atoms with E-state index in [0.29, 0.717) is 0 Å². The van der Waals surface area contributed by atoms with Gasteiger partial charge in [0.1, 0.15) is 0 Å². The van der Waals surface area contributed by atoms with E-state index in [1.54, 1.807) is 0 Å². The Labute approximate surface area is 90.4 Å². The van der Waals surface area contributed by atoms with Crippen LogP contribution in [0.2, 0.25) is 0 Å². The van der Waals surface area contributed by atoms with Gasteiger partial charge in [0.05, 0.1) is 0 Å². The Kier molecular flexibility index (Phi) is 2.44. The van der Waals surface area contributed by atoms with E-state index in [2.05, 4.69) is 51.1 Å². The predicted molar refractivity (Wildman–Crippen MR) is 64.5 cm³/mol. The molecule has 0 aliphatic carbocycles. The number of allylic oxidation sites excluding steroid dienone is 2. The van der Waals surface area contributed by atoms with Crippen molar-refractivity contribution in [1.29, 1.82) is 0 Å². The molecule has 0 spiro atoms. The van der Waals surface area contributed by atoms with Crippen molar-refractivity contribution >= 4 is 11.8 Å². The molecule has 0 N–H and O–H groups in total. The number of benzene rings is 1. The van der Waals surface area contributed by atoms with E-state index >= 15 is 0 Å². The second-order valence-electron chi connectivity index (χ2n) is 4.22. The van der Waals surface area contributed by atoms with Crippen molar-refractivity contribution in [2.45, 2.75) is 31.9 Å². The van der Waals surface area contributed by atoms with E-state index in [4.69, 9.17) is 0 Å². The molecule has 0 amide bonds. The van der Waals surface area contributed by atoms with Crippen molar-refractivity contribution in [3.8, 4) is 0 Å². The second-order valence-corrected chi connectivity index (χ2v) is 5.97. The lowest BCUT2D eigenvalue weighted by molar-refractivity contribution is 0.719. The molecule has 0 fully saturated rings. The van der Waals surface area contributed by atoms with Gasteiger partial charge in [-0.05, 0) is 37.7 Å². The molecule has 74 valence electrons. The average Bonchev–Trinajstić information content (AvgIpc) is 2.48. The highest BCUT2D eigenvalue weighted by Crippen LogP contribution is 2.48. The fourth-order valence-electron chi connectivity index (χ4n) is 1.86. The van der Waals surface area contributed by atoms with E-state index in [9.17, 15) is 0 Å². The van der Waals surface area contributed by atoms with Gasteiger partial charge in [0.15, 0.2) is 0 Å². The molecule has 0 bridgehead atoms. The summed E-state index contributed by atoms with van der Waals surface area (Å²) < 4.78 is 0.276. The van der Waals surface area contributed by atoms with Gasteiger partial charge in [-0.3, -0.25) is 0 Å². The molecule has 0 saturated heterocycles. The Morgan fingerprint density at radius 3 is 2.29 bits per heavy atom. The third kappa shape index (κ3) is 1.74. The lowest BCUT2D eigenvalue weighted by Crippen LogP contribution is -2.12. The Bertz CT molecular complexity index is 361. The first-order valence-electron chi connectivity index (χ1n) is 5.03. The molecule has 0 nitrogen and oxygen atoms in total. The van der Waals surface area contributed by atoms with E-state index < -0.39 is 0 Å². The zero-order valence-electron chi connectivity index (χ0n) is 9.00. The molecule has 0 saturated carbocycles. The highest BCUT2D eigenvalue weighted by molar-refractivity contribution is 8.04.